The Balaban J connectivity index is 1.95. The fraction of sp³-hybridized carbons (Fsp3) is 0.688. The van der Waals surface area contributed by atoms with Crippen LogP contribution in [0.1, 0.15) is 42.5 Å². The molecule has 0 spiro atoms. The number of pyridine rings is 1. The average Bonchev–Trinajstić information content (AvgIpc) is 2.52. The van der Waals surface area contributed by atoms with E-state index in [2.05, 4.69) is 10.3 Å². The molecule has 1 aliphatic carbocycles. The van der Waals surface area contributed by atoms with Crippen molar-refractivity contribution in [2.75, 3.05) is 13.2 Å². The van der Waals surface area contributed by atoms with Crippen LogP contribution in [0.3, 0.4) is 0 Å². The van der Waals surface area contributed by atoms with Crippen LogP contribution in [0.5, 0.6) is 5.75 Å². The van der Waals surface area contributed by atoms with Gasteiger partial charge in [0.2, 0.25) is 0 Å². The highest BCUT2D eigenvalue weighted by atomic mass is 16.3. The lowest BCUT2D eigenvalue weighted by molar-refractivity contribution is 0.133. The molecule has 1 fully saturated rings. The lowest BCUT2D eigenvalue weighted by atomic mass is 9.79. The molecule has 1 aliphatic rings. The van der Waals surface area contributed by atoms with Crippen LogP contribution in [0.25, 0.3) is 0 Å². The van der Waals surface area contributed by atoms with Gasteiger partial charge in [0.05, 0.1) is 12.3 Å². The number of nitrogens with zero attached hydrogens (tertiary/aromatic N) is 1. The Kier molecular flexibility index (Phi) is 5.96. The Bertz CT molecular complexity index is 465. The van der Waals surface area contributed by atoms with E-state index >= 15 is 0 Å². The smallest absolute Gasteiger partial charge is 0.141 e. The SMILES string of the molecule is Cc1ncc(CO)c(CNCC2CCCCC2CO)c1O. The van der Waals surface area contributed by atoms with Gasteiger partial charge in [0.15, 0.2) is 0 Å². The van der Waals surface area contributed by atoms with Gasteiger partial charge in [-0.15, -0.1) is 0 Å². The summed E-state index contributed by atoms with van der Waals surface area (Å²) in [5, 5.41) is 32.2. The van der Waals surface area contributed by atoms with Crippen molar-refractivity contribution >= 4 is 0 Å². The van der Waals surface area contributed by atoms with Gasteiger partial charge in [-0.1, -0.05) is 12.8 Å². The average molecular weight is 294 g/mol. The fourth-order valence-corrected chi connectivity index (χ4v) is 3.19. The number of aromatic nitrogens is 1. The summed E-state index contributed by atoms with van der Waals surface area (Å²) in [6, 6.07) is 0. The molecule has 0 aromatic carbocycles. The zero-order chi connectivity index (χ0) is 15.2. The normalized spacial score (nSPS) is 22.4. The number of nitrogens with one attached hydrogen (secondary N) is 1. The lowest BCUT2D eigenvalue weighted by Crippen LogP contribution is -2.32. The number of aryl methyl sites for hydroxylation is 1. The fourth-order valence-electron chi connectivity index (χ4n) is 3.19. The summed E-state index contributed by atoms with van der Waals surface area (Å²) in [5.74, 6) is 1.04. The first-order valence-electron chi connectivity index (χ1n) is 7.76. The Morgan fingerprint density at radius 3 is 2.62 bits per heavy atom. The molecular weight excluding hydrogens is 268 g/mol. The molecule has 0 bridgehead atoms. The van der Waals surface area contributed by atoms with Gasteiger partial charge in [-0.25, -0.2) is 0 Å². The molecule has 2 atom stereocenters. The third kappa shape index (κ3) is 3.93. The monoisotopic (exact) mass is 294 g/mol. The molecule has 0 saturated heterocycles. The maximum absolute atomic E-state index is 10.1. The molecule has 1 saturated carbocycles. The minimum Gasteiger partial charge on any atom is -0.506 e. The van der Waals surface area contributed by atoms with Gasteiger partial charge < -0.3 is 20.6 Å². The van der Waals surface area contributed by atoms with Crippen LogP contribution < -0.4 is 5.32 Å². The van der Waals surface area contributed by atoms with Crippen LogP contribution >= 0.6 is 0 Å². The number of aromatic hydroxyl groups is 1. The summed E-state index contributed by atoms with van der Waals surface area (Å²) in [6.45, 7) is 3.23. The molecule has 21 heavy (non-hydrogen) atoms. The van der Waals surface area contributed by atoms with Crippen molar-refractivity contribution in [2.24, 2.45) is 11.8 Å². The molecule has 1 aromatic rings. The third-order valence-corrected chi connectivity index (χ3v) is 4.61. The zero-order valence-corrected chi connectivity index (χ0v) is 12.7. The lowest BCUT2D eigenvalue weighted by Gasteiger charge is -2.30. The number of aliphatic hydroxyl groups excluding tert-OH is 2. The second-order valence-electron chi connectivity index (χ2n) is 5.97. The van der Waals surface area contributed by atoms with E-state index in [0.29, 0.717) is 29.6 Å². The zero-order valence-electron chi connectivity index (χ0n) is 12.7. The second-order valence-corrected chi connectivity index (χ2v) is 5.97. The van der Waals surface area contributed by atoms with E-state index in [9.17, 15) is 15.3 Å². The summed E-state index contributed by atoms with van der Waals surface area (Å²) in [7, 11) is 0. The second kappa shape index (κ2) is 7.73. The topological polar surface area (TPSA) is 85.6 Å². The minimum atomic E-state index is -0.124. The van der Waals surface area contributed by atoms with Crippen molar-refractivity contribution in [2.45, 2.75) is 45.8 Å². The van der Waals surface area contributed by atoms with Crippen molar-refractivity contribution in [3.05, 3.63) is 23.0 Å². The molecule has 0 radical (unpaired) electrons. The molecule has 5 nitrogen and oxygen atoms in total. The molecule has 1 aromatic heterocycles. The van der Waals surface area contributed by atoms with Crippen molar-refractivity contribution < 1.29 is 15.3 Å². The third-order valence-electron chi connectivity index (χ3n) is 4.61. The van der Waals surface area contributed by atoms with Gasteiger partial charge in [0, 0.05) is 30.5 Å². The van der Waals surface area contributed by atoms with Crippen molar-refractivity contribution in [1.82, 2.24) is 10.3 Å². The molecule has 118 valence electrons. The maximum atomic E-state index is 10.1. The van der Waals surface area contributed by atoms with E-state index in [1.807, 2.05) is 0 Å². The predicted octanol–water partition coefficient (Wildman–Crippen LogP) is 1.48. The van der Waals surface area contributed by atoms with E-state index < -0.39 is 0 Å². The Hall–Kier alpha value is -1.17. The van der Waals surface area contributed by atoms with E-state index in [1.54, 1.807) is 13.1 Å². The van der Waals surface area contributed by atoms with Crippen LogP contribution in [-0.4, -0.2) is 33.5 Å². The molecule has 2 unspecified atom stereocenters. The van der Waals surface area contributed by atoms with Gasteiger partial charge >= 0.3 is 0 Å². The highest BCUT2D eigenvalue weighted by Crippen LogP contribution is 2.29. The van der Waals surface area contributed by atoms with Gasteiger partial charge in [0.1, 0.15) is 5.75 Å². The van der Waals surface area contributed by atoms with Crippen molar-refractivity contribution in [3.8, 4) is 5.75 Å². The predicted molar refractivity (Wildman–Crippen MR) is 80.8 cm³/mol. The van der Waals surface area contributed by atoms with Gasteiger partial charge in [-0.05, 0) is 38.1 Å². The largest absolute Gasteiger partial charge is 0.506 e. The van der Waals surface area contributed by atoms with E-state index in [1.165, 1.54) is 12.8 Å². The van der Waals surface area contributed by atoms with Gasteiger partial charge in [0.25, 0.3) is 0 Å². The van der Waals surface area contributed by atoms with Crippen LogP contribution in [0.4, 0.5) is 0 Å². The summed E-state index contributed by atoms with van der Waals surface area (Å²) in [4.78, 5) is 4.06. The molecular formula is C16H26N2O3. The summed E-state index contributed by atoms with van der Waals surface area (Å²) >= 11 is 0. The highest BCUT2D eigenvalue weighted by Gasteiger charge is 2.24. The van der Waals surface area contributed by atoms with E-state index in [4.69, 9.17) is 0 Å². The number of aliphatic hydroxyl groups is 2. The molecule has 2 rings (SSSR count). The van der Waals surface area contributed by atoms with Crippen LogP contribution in [0.2, 0.25) is 0 Å². The standard InChI is InChI=1S/C16H26N2O3/c1-11-16(21)15(14(10-20)7-18-11)8-17-6-12-4-2-3-5-13(12)9-19/h7,12-13,17,19-21H,2-6,8-10H2,1H3. The maximum Gasteiger partial charge on any atom is 0.141 e. The van der Waals surface area contributed by atoms with Crippen LogP contribution in [0, 0.1) is 18.8 Å². The van der Waals surface area contributed by atoms with Crippen LogP contribution in [0.15, 0.2) is 6.20 Å². The molecule has 1 heterocycles. The van der Waals surface area contributed by atoms with Crippen LogP contribution in [-0.2, 0) is 13.2 Å². The first kappa shape index (κ1) is 16.2. The van der Waals surface area contributed by atoms with Gasteiger partial charge in [-0.3, -0.25) is 4.98 Å². The molecule has 0 amide bonds. The minimum absolute atomic E-state index is 0.124. The summed E-state index contributed by atoms with van der Waals surface area (Å²) in [5.41, 5.74) is 1.96. The van der Waals surface area contributed by atoms with Crippen molar-refractivity contribution in [3.63, 3.8) is 0 Å². The Morgan fingerprint density at radius 2 is 1.95 bits per heavy atom. The molecule has 5 heteroatoms. The first-order valence-corrected chi connectivity index (χ1v) is 7.76. The van der Waals surface area contributed by atoms with E-state index in [0.717, 1.165) is 24.9 Å². The van der Waals surface area contributed by atoms with E-state index in [-0.39, 0.29) is 19.0 Å². The van der Waals surface area contributed by atoms with Gasteiger partial charge in [-0.2, -0.15) is 0 Å². The Labute approximate surface area is 126 Å². The Morgan fingerprint density at radius 1 is 1.24 bits per heavy atom. The number of hydrogen-bond donors (Lipinski definition) is 4. The number of hydrogen-bond acceptors (Lipinski definition) is 5. The molecule has 0 aliphatic heterocycles. The highest BCUT2D eigenvalue weighted by molar-refractivity contribution is 5.40. The molecule has 4 N–H and O–H groups in total. The quantitative estimate of drug-likeness (QED) is 0.638. The van der Waals surface area contributed by atoms with Crippen molar-refractivity contribution in [1.29, 1.82) is 0 Å². The number of rotatable bonds is 6. The first-order chi connectivity index (χ1) is 10.2. The summed E-state index contributed by atoms with van der Waals surface area (Å²) < 4.78 is 0. The summed E-state index contributed by atoms with van der Waals surface area (Å²) in [6.07, 6.45) is 6.30.